The molecular weight excluding hydrogens is 345 g/mol. The number of nitrogens with zero attached hydrogens (tertiary/aromatic N) is 3. The standard InChI is InChI=1S/C20H26FN5O/c1-14-11-18(25-20(22)24-14)26-10-4-5-15(13-26)8-9-19(27)23-12-16-6-2-3-7-17(16)21/h2-3,6-7,11,15H,4-5,8-10,12-13H2,1H3,(H,23,27)(H2,22,24,25). The molecule has 1 aliphatic heterocycles. The van der Waals surface area contributed by atoms with Crippen LogP contribution in [0.3, 0.4) is 0 Å². The van der Waals surface area contributed by atoms with E-state index >= 15 is 0 Å². The third-order valence-corrected chi connectivity index (χ3v) is 4.91. The molecule has 27 heavy (non-hydrogen) atoms. The molecule has 0 saturated carbocycles. The molecule has 0 bridgehead atoms. The van der Waals surface area contributed by atoms with Gasteiger partial charge in [-0.25, -0.2) is 9.37 Å². The summed E-state index contributed by atoms with van der Waals surface area (Å²) in [5, 5.41) is 2.81. The topological polar surface area (TPSA) is 84.1 Å². The highest BCUT2D eigenvalue weighted by molar-refractivity contribution is 5.75. The lowest BCUT2D eigenvalue weighted by atomic mass is 9.93. The summed E-state index contributed by atoms with van der Waals surface area (Å²) in [6.07, 6.45) is 3.40. The summed E-state index contributed by atoms with van der Waals surface area (Å²) < 4.78 is 13.6. The number of hydrogen-bond donors (Lipinski definition) is 2. The highest BCUT2D eigenvalue weighted by Gasteiger charge is 2.22. The first-order valence-electron chi connectivity index (χ1n) is 9.37. The van der Waals surface area contributed by atoms with Crippen LogP contribution in [0.25, 0.3) is 0 Å². The van der Waals surface area contributed by atoms with Gasteiger partial charge in [0.15, 0.2) is 0 Å². The van der Waals surface area contributed by atoms with Crippen molar-refractivity contribution in [2.24, 2.45) is 5.92 Å². The van der Waals surface area contributed by atoms with Gasteiger partial charge in [-0.2, -0.15) is 4.98 Å². The Kier molecular flexibility index (Phi) is 6.21. The molecule has 1 aromatic carbocycles. The number of carbonyl (C=O) groups excluding carboxylic acids is 1. The van der Waals surface area contributed by atoms with E-state index in [1.807, 2.05) is 13.0 Å². The molecule has 1 aromatic heterocycles. The fraction of sp³-hybridized carbons (Fsp3) is 0.450. The number of aromatic nitrogens is 2. The minimum atomic E-state index is -0.292. The van der Waals surface area contributed by atoms with Crippen molar-refractivity contribution < 1.29 is 9.18 Å². The van der Waals surface area contributed by atoms with Gasteiger partial charge in [-0.15, -0.1) is 0 Å². The van der Waals surface area contributed by atoms with Crippen molar-refractivity contribution in [1.29, 1.82) is 0 Å². The zero-order chi connectivity index (χ0) is 19.2. The molecule has 144 valence electrons. The van der Waals surface area contributed by atoms with Gasteiger partial charge < -0.3 is 16.0 Å². The van der Waals surface area contributed by atoms with Gasteiger partial charge in [-0.3, -0.25) is 4.79 Å². The quantitative estimate of drug-likeness (QED) is 0.816. The average Bonchev–Trinajstić information content (AvgIpc) is 2.65. The van der Waals surface area contributed by atoms with E-state index in [-0.39, 0.29) is 18.3 Å². The molecule has 0 aliphatic carbocycles. The van der Waals surface area contributed by atoms with Crippen LogP contribution in [-0.4, -0.2) is 29.0 Å². The number of benzene rings is 1. The lowest BCUT2D eigenvalue weighted by Gasteiger charge is -2.33. The number of piperidine rings is 1. The maximum atomic E-state index is 13.6. The van der Waals surface area contributed by atoms with Gasteiger partial charge in [0.1, 0.15) is 11.6 Å². The number of anilines is 2. The number of amides is 1. The molecule has 0 spiro atoms. The highest BCUT2D eigenvalue weighted by Crippen LogP contribution is 2.25. The molecule has 1 unspecified atom stereocenters. The van der Waals surface area contributed by atoms with E-state index in [1.165, 1.54) is 6.07 Å². The Bertz CT molecular complexity index is 777. The number of nitrogens with two attached hydrogens (primary N) is 1. The molecule has 7 heteroatoms. The highest BCUT2D eigenvalue weighted by atomic mass is 19.1. The number of nitrogens with one attached hydrogen (secondary N) is 1. The van der Waals surface area contributed by atoms with Crippen LogP contribution in [0.1, 0.15) is 36.9 Å². The van der Waals surface area contributed by atoms with Crippen LogP contribution in [0.2, 0.25) is 0 Å². The third kappa shape index (κ3) is 5.39. The second-order valence-electron chi connectivity index (χ2n) is 7.09. The summed E-state index contributed by atoms with van der Waals surface area (Å²) >= 11 is 0. The van der Waals surface area contributed by atoms with Crippen molar-refractivity contribution in [3.63, 3.8) is 0 Å². The maximum absolute atomic E-state index is 13.6. The van der Waals surface area contributed by atoms with Crippen molar-refractivity contribution in [3.05, 3.63) is 47.4 Å². The van der Waals surface area contributed by atoms with E-state index in [0.29, 0.717) is 23.9 Å². The molecule has 2 heterocycles. The number of nitrogen functional groups attached to an aromatic ring is 1. The second kappa shape index (κ2) is 8.79. The molecule has 2 aromatic rings. The van der Waals surface area contributed by atoms with Gasteiger partial charge in [0.25, 0.3) is 0 Å². The lowest BCUT2D eigenvalue weighted by Crippen LogP contribution is -2.36. The predicted octanol–water partition coefficient (Wildman–Crippen LogP) is 2.82. The second-order valence-corrected chi connectivity index (χ2v) is 7.09. The van der Waals surface area contributed by atoms with Crippen LogP contribution in [0.5, 0.6) is 0 Å². The van der Waals surface area contributed by atoms with E-state index in [2.05, 4.69) is 20.2 Å². The van der Waals surface area contributed by atoms with Crippen molar-refractivity contribution >= 4 is 17.7 Å². The summed E-state index contributed by atoms with van der Waals surface area (Å²) in [6, 6.07) is 8.44. The zero-order valence-corrected chi connectivity index (χ0v) is 15.6. The van der Waals surface area contributed by atoms with Crippen LogP contribution in [0, 0.1) is 18.7 Å². The van der Waals surface area contributed by atoms with Gasteiger partial charge >= 0.3 is 0 Å². The number of carbonyl (C=O) groups is 1. The molecule has 1 fully saturated rings. The molecule has 1 aliphatic rings. The van der Waals surface area contributed by atoms with Gasteiger partial charge in [-0.05, 0) is 38.2 Å². The van der Waals surface area contributed by atoms with Gasteiger partial charge in [0.2, 0.25) is 11.9 Å². The average molecular weight is 371 g/mol. The van der Waals surface area contributed by atoms with Crippen LogP contribution in [0.15, 0.2) is 30.3 Å². The summed E-state index contributed by atoms with van der Waals surface area (Å²) in [6.45, 7) is 3.92. The van der Waals surface area contributed by atoms with Crippen LogP contribution < -0.4 is 16.0 Å². The Hall–Kier alpha value is -2.70. The van der Waals surface area contributed by atoms with Crippen molar-refractivity contribution in [1.82, 2.24) is 15.3 Å². The van der Waals surface area contributed by atoms with E-state index in [0.717, 1.165) is 43.9 Å². The summed E-state index contributed by atoms with van der Waals surface area (Å²) in [4.78, 5) is 22.8. The third-order valence-electron chi connectivity index (χ3n) is 4.91. The first-order valence-corrected chi connectivity index (χ1v) is 9.37. The smallest absolute Gasteiger partial charge is 0.222 e. The number of rotatable bonds is 6. The van der Waals surface area contributed by atoms with E-state index in [1.54, 1.807) is 18.2 Å². The minimum absolute atomic E-state index is 0.0440. The Morgan fingerprint density at radius 2 is 2.19 bits per heavy atom. The molecule has 3 rings (SSSR count). The van der Waals surface area contributed by atoms with Crippen molar-refractivity contribution in [2.45, 2.75) is 39.2 Å². The predicted molar refractivity (Wildman–Crippen MR) is 104 cm³/mol. The van der Waals surface area contributed by atoms with E-state index < -0.39 is 0 Å². The fourth-order valence-corrected chi connectivity index (χ4v) is 3.50. The van der Waals surface area contributed by atoms with Crippen molar-refractivity contribution in [3.8, 4) is 0 Å². The molecule has 1 amide bonds. The number of aryl methyl sites for hydroxylation is 1. The lowest BCUT2D eigenvalue weighted by molar-refractivity contribution is -0.121. The number of hydrogen-bond acceptors (Lipinski definition) is 5. The zero-order valence-electron chi connectivity index (χ0n) is 15.6. The molecule has 6 nitrogen and oxygen atoms in total. The fourth-order valence-electron chi connectivity index (χ4n) is 3.50. The van der Waals surface area contributed by atoms with Gasteiger partial charge in [0.05, 0.1) is 0 Å². The molecule has 3 N–H and O–H groups in total. The molecule has 1 saturated heterocycles. The number of halogens is 1. The Labute approximate surface area is 159 Å². The Morgan fingerprint density at radius 1 is 1.37 bits per heavy atom. The summed E-state index contributed by atoms with van der Waals surface area (Å²) in [7, 11) is 0. The maximum Gasteiger partial charge on any atom is 0.222 e. The molecular formula is C20H26FN5O. The first kappa shape index (κ1) is 19.1. The van der Waals surface area contributed by atoms with E-state index in [4.69, 9.17) is 5.73 Å². The van der Waals surface area contributed by atoms with Crippen molar-refractivity contribution in [2.75, 3.05) is 23.7 Å². The van der Waals surface area contributed by atoms with Crippen LogP contribution in [-0.2, 0) is 11.3 Å². The SMILES string of the molecule is Cc1cc(N2CCCC(CCC(=O)NCc3ccccc3F)C2)nc(N)n1. The van der Waals surface area contributed by atoms with Crippen LogP contribution in [0.4, 0.5) is 16.2 Å². The summed E-state index contributed by atoms with van der Waals surface area (Å²) in [5.41, 5.74) is 7.12. The first-order chi connectivity index (χ1) is 13.0. The van der Waals surface area contributed by atoms with Gasteiger partial charge in [-0.1, -0.05) is 18.2 Å². The molecule has 1 atom stereocenters. The molecule has 0 radical (unpaired) electrons. The summed E-state index contributed by atoms with van der Waals surface area (Å²) in [5.74, 6) is 1.24. The van der Waals surface area contributed by atoms with Gasteiger partial charge in [0, 0.05) is 43.4 Å². The largest absolute Gasteiger partial charge is 0.368 e. The minimum Gasteiger partial charge on any atom is -0.368 e. The Morgan fingerprint density at radius 3 is 2.96 bits per heavy atom. The monoisotopic (exact) mass is 371 g/mol. The van der Waals surface area contributed by atoms with Crippen LogP contribution >= 0.6 is 0 Å². The van der Waals surface area contributed by atoms with E-state index in [9.17, 15) is 9.18 Å². The normalized spacial score (nSPS) is 17.0. The Balaban J connectivity index is 1.47.